The van der Waals surface area contributed by atoms with Crippen molar-refractivity contribution in [1.82, 2.24) is 15.1 Å². The fraction of sp³-hybridized carbons (Fsp3) is 0.121. The van der Waals surface area contributed by atoms with Gasteiger partial charge >= 0.3 is 0 Å². The fourth-order valence-corrected chi connectivity index (χ4v) is 5.39. The van der Waals surface area contributed by atoms with Crippen molar-refractivity contribution in [3.8, 4) is 56.8 Å². The third-order valence-electron chi connectivity index (χ3n) is 7.82. The lowest BCUT2D eigenvalue weighted by Gasteiger charge is -2.16. The topological polar surface area (TPSA) is 261 Å². The Labute approximate surface area is 295 Å². The maximum atomic E-state index is 12.1. The van der Waals surface area contributed by atoms with Crippen molar-refractivity contribution >= 4 is 33.7 Å². The van der Waals surface area contributed by atoms with Gasteiger partial charge in [0.05, 0.1) is 75.3 Å². The Morgan fingerprint density at radius 1 is 0.642 bits per heavy atom. The summed E-state index contributed by atoms with van der Waals surface area (Å²) in [5.41, 5.74) is -0.476. The molecule has 0 aliphatic carbocycles. The number of nitro groups is 4. The number of hydrogen-bond donors (Lipinski definition) is 0. The number of fused-ring (bicyclic) bond motifs is 1. The van der Waals surface area contributed by atoms with Crippen LogP contribution in [0, 0.1) is 40.5 Å². The molecule has 20 nitrogen and oxygen atoms in total. The molecule has 4 aromatic carbocycles. The quantitative estimate of drug-likeness (QED) is 0.0869. The first-order valence-corrected chi connectivity index (χ1v) is 15.0. The fourth-order valence-electron chi connectivity index (χ4n) is 5.39. The van der Waals surface area contributed by atoms with Gasteiger partial charge in [0.25, 0.3) is 28.6 Å². The molecule has 0 fully saturated rings. The first kappa shape index (κ1) is 35.1. The highest BCUT2D eigenvalue weighted by atomic mass is 16.6. The predicted octanol–water partition coefficient (Wildman–Crippen LogP) is 6.86. The van der Waals surface area contributed by atoms with Gasteiger partial charge in [-0.2, -0.15) is 4.98 Å². The van der Waals surface area contributed by atoms with Crippen molar-refractivity contribution in [2.45, 2.75) is 6.61 Å². The van der Waals surface area contributed by atoms with E-state index in [-0.39, 0.29) is 52.0 Å². The summed E-state index contributed by atoms with van der Waals surface area (Å²) in [6, 6.07) is 16.2. The molecular formula is C33H23N7O13. The molecule has 0 atom stereocenters. The van der Waals surface area contributed by atoms with Crippen molar-refractivity contribution in [1.29, 1.82) is 0 Å². The summed E-state index contributed by atoms with van der Waals surface area (Å²) in [4.78, 5) is 52.0. The number of pyridine rings is 1. The first-order valence-electron chi connectivity index (χ1n) is 15.0. The number of non-ortho nitro benzene ring substituents is 4. The zero-order valence-electron chi connectivity index (χ0n) is 27.6. The molecule has 0 unspecified atom stereocenters. The number of benzene rings is 4. The molecular weight excluding hydrogens is 702 g/mol. The number of rotatable bonds is 13. The van der Waals surface area contributed by atoms with E-state index in [0.29, 0.717) is 28.2 Å². The van der Waals surface area contributed by atoms with Gasteiger partial charge in [0.2, 0.25) is 11.6 Å². The molecule has 0 aliphatic heterocycles. The molecule has 2 heterocycles. The normalized spacial score (nSPS) is 10.8. The molecule has 20 heteroatoms. The second kappa shape index (κ2) is 14.2. The molecule has 0 N–H and O–H groups in total. The van der Waals surface area contributed by atoms with Gasteiger partial charge in [-0.15, -0.1) is 0 Å². The van der Waals surface area contributed by atoms with Crippen LogP contribution in [0.15, 0.2) is 77.3 Å². The zero-order valence-corrected chi connectivity index (χ0v) is 27.6. The van der Waals surface area contributed by atoms with Crippen LogP contribution in [0.1, 0.15) is 5.82 Å². The summed E-state index contributed by atoms with van der Waals surface area (Å²) in [6.07, 6.45) is 0. The minimum absolute atomic E-state index is 0.00227. The van der Waals surface area contributed by atoms with Crippen LogP contribution in [-0.4, -0.2) is 56.1 Å². The molecule has 6 aromatic rings. The van der Waals surface area contributed by atoms with Gasteiger partial charge in [-0.05, 0) is 35.9 Å². The highest BCUT2D eigenvalue weighted by Crippen LogP contribution is 2.44. The maximum Gasteiger partial charge on any atom is 0.285 e. The first-order chi connectivity index (χ1) is 25.4. The Bertz CT molecular complexity index is 2390. The van der Waals surface area contributed by atoms with Gasteiger partial charge < -0.3 is 23.5 Å². The van der Waals surface area contributed by atoms with Crippen LogP contribution in [0.2, 0.25) is 0 Å². The van der Waals surface area contributed by atoms with E-state index >= 15 is 0 Å². The Kier molecular flexibility index (Phi) is 9.41. The summed E-state index contributed by atoms with van der Waals surface area (Å²) in [5.74, 6) is 1.04. The third-order valence-corrected chi connectivity index (χ3v) is 7.82. The molecule has 53 heavy (non-hydrogen) atoms. The molecule has 0 aliphatic rings. The second-order valence-corrected chi connectivity index (χ2v) is 10.9. The van der Waals surface area contributed by atoms with Crippen LogP contribution in [0.4, 0.5) is 22.7 Å². The van der Waals surface area contributed by atoms with Crippen LogP contribution in [-0.2, 0) is 6.61 Å². The summed E-state index contributed by atoms with van der Waals surface area (Å²) in [6.45, 7) is -0.223. The molecule has 268 valence electrons. The lowest BCUT2D eigenvalue weighted by Crippen LogP contribution is -2.00. The van der Waals surface area contributed by atoms with Crippen LogP contribution < -0.4 is 18.9 Å². The lowest BCUT2D eigenvalue weighted by molar-refractivity contribution is -0.394. The average Bonchev–Trinajstić information content (AvgIpc) is 3.64. The van der Waals surface area contributed by atoms with Crippen molar-refractivity contribution in [3.05, 3.63) is 119 Å². The molecule has 6 rings (SSSR count). The number of nitrogens with zero attached hydrogens (tertiary/aromatic N) is 7. The van der Waals surface area contributed by atoms with E-state index < -0.39 is 42.4 Å². The van der Waals surface area contributed by atoms with Crippen molar-refractivity contribution in [3.63, 3.8) is 0 Å². The van der Waals surface area contributed by atoms with Gasteiger partial charge in [-0.3, -0.25) is 40.5 Å². The van der Waals surface area contributed by atoms with Crippen molar-refractivity contribution in [2.24, 2.45) is 0 Å². The molecule has 0 radical (unpaired) electrons. The predicted molar refractivity (Wildman–Crippen MR) is 183 cm³/mol. The standard InChI is InChI=1S/C33H23N7O13/c1-49-28-10-18(11-29(50-2)32(28)51-3)31-24(15-25-26(34-31)13-22(39(45)46)14-27(25)40(47)48)17-4-6-23(7-5-17)52-16-30-35-33(53-36-30)19-8-20(37(41)42)12-21(9-19)38(43)44/h4-15H,16H2,1-3H3. The minimum Gasteiger partial charge on any atom is -0.493 e. The summed E-state index contributed by atoms with van der Waals surface area (Å²) in [7, 11) is 4.29. The van der Waals surface area contributed by atoms with Gasteiger partial charge in [0, 0.05) is 29.3 Å². The van der Waals surface area contributed by atoms with Gasteiger partial charge in [-0.1, -0.05) is 17.3 Å². The van der Waals surface area contributed by atoms with Crippen LogP contribution >= 0.6 is 0 Å². The third kappa shape index (κ3) is 6.99. The van der Waals surface area contributed by atoms with E-state index in [1.807, 2.05) is 0 Å². The van der Waals surface area contributed by atoms with E-state index in [1.54, 1.807) is 36.4 Å². The van der Waals surface area contributed by atoms with Crippen LogP contribution in [0.25, 0.3) is 44.7 Å². The molecule has 0 amide bonds. The van der Waals surface area contributed by atoms with Crippen LogP contribution in [0.3, 0.4) is 0 Å². The number of methoxy groups -OCH3 is 3. The van der Waals surface area contributed by atoms with E-state index in [9.17, 15) is 40.5 Å². The number of ether oxygens (including phenoxy) is 4. The molecule has 0 bridgehead atoms. The molecule has 0 spiro atoms. The van der Waals surface area contributed by atoms with E-state index in [2.05, 4.69) is 15.1 Å². The summed E-state index contributed by atoms with van der Waals surface area (Å²) >= 11 is 0. The molecule has 2 aromatic heterocycles. The van der Waals surface area contributed by atoms with Gasteiger partial charge in [0.15, 0.2) is 18.1 Å². The monoisotopic (exact) mass is 725 g/mol. The largest absolute Gasteiger partial charge is 0.493 e. The second-order valence-electron chi connectivity index (χ2n) is 10.9. The van der Waals surface area contributed by atoms with E-state index in [4.69, 9.17) is 23.5 Å². The van der Waals surface area contributed by atoms with Crippen LogP contribution in [0.5, 0.6) is 23.0 Å². The lowest BCUT2D eigenvalue weighted by atomic mass is 9.96. The highest BCUT2D eigenvalue weighted by Gasteiger charge is 2.25. The Hall–Kier alpha value is -7.77. The van der Waals surface area contributed by atoms with E-state index in [0.717, 1.165) is 30.3 Å². The van der Waals surface area contributed by atoms with E-state index in [1.165, 1.54) is 27.4 Å². The zero-order chi connectivity index (χ0) is 38.0. The highest BCUT2D eigenvalue weighted by molar-refractivity contribution is 5.98. The summed E-state index contributed by atoms with van der Waals surface area (Å²) in [5, 5.41) is 50.1. The number of hydrogen-bond acceptors (Lipinski definition) is 16. The molecule has 0 saturated heterocycles. The van der Waals surface area contributed by atoms with Gasteiger partial charge in [-0.25, -0.2) is 4.98 Å². The van der Waals surface area contributed by atoms with Crippen molar-refractivity contribution < 1.29 is 43.2 Å². The number of aromatic nitrogens is 3. The smallest absolute Gasteiger partial charge is 0.285 e. The maximum absolute atomic E-state index is 12.1. The SMILES string of the molecule is COc1cc(-c2nc3cc([N+](=O)[O-])cc([N+](=O)[O-])c3cc2-c2ccc(OCc3noc(-c4cc([N+](=O)[O-])cc([N+](=O)[O-])c4)n3)cc2)cc(OC)c1OC. The average molecular weight is 726 g/mol. The summed E-state index contributed by atoms with van der Waals surface area (Å²) < 4.78 is 27.4. The molecule has 0 saturated carbocycles. The Morgan fingerprint density at radius 2 is 1.25 bits per heavy atom. The minimum atomic E-state index is -0.782. The Balaban J connectivity index is 1.37. The van der Waals surface area contributed by atoms with Gasteiger partial charge in [0.1, 0.15) is 5.75 Å². The Morgan fingerprint density at radius 3 is 1.79 bits per heavy atom. The van der Waals surface area contributed by atoms with Crippen molar-refractivity contribution in [2.75, 3.05) is 21.3 Å². The number of nitro benzene ring substituents is 4.